The number of rotatable bonds is 20. The van der Waals surface area contributed by atoms with E-state index in [1.54, 1.807) is 24.3 Å². The minimum atomic E-state index is -1.02. The molecule has 0 aromatic heterocycles. The van der Waals surface area contributed by atoms with Crippen molar-refractivity contribution < 1.29 is 33.5 Å². The minimum absolute atomic E-state index is 0.149. The Morgan fingerprint density at radius 1 is 0.732 bits per heavy atom. The fourth-order valence-electron chi connectivity index (χ4n) is 3.53. The maximum absolute atomic E-state index is 12.8. The Labute approximate surface area is 241 Å². The molecule has 1 atom stereocenters. The smallest absolute Gasteiger partial charge is 0.245 e. The van der Waals surface area contributed by atoms with Crippen molar-refractivity contribution in [3.63, 3.8) is 0 Å². The van der Waals surface area contributed by atoms with E-state index in [0.717, 1.165) is 31.2 Å². The number of benzene rings is 1. The molecule has 13 heteroatoms. The zero-order valence-corrected chi connectivity index (χ0v) is 24.2. The Morgan fingerprint density at radius 3 is 2.05 bits per heavy atom. The predicted octanol–water partition coefficient (Wildman–Crippen LogP) is -0.495. The van der Waals surface area contributed by atoms with Gasteiger partial charge >= 0.3 is 0 Å². The second-order valence-corrected chi connectivity index (χ2v) is 9.84. The lowest BCUT2D eigenvalue weighted by Crippen LogP contribution is -2.52. The highest BCUT2D eigenvalue weighted by atomic mass is 16.5. The van der Waals surface area contributed by atoms with Crippen molar-refractivity contribution in [1.29, 1.82) is 0 Å². The van der Waals surface area contributed by atoms with Crippen LogP contribution in [0.15, 0.2) is 30.3 Å². The van der Waals surface area contributed by atoms with E-state index >= 15 is 0 Å². The third-order valence-electron chi connectivity index (χ3n) is 5.82. The van der Waals surface area contributed by atoms with Gasteiger partial charge in [0.15, 0.2) is 0 Å². The van der Waals surface area contributed by atoms with Crippen LogP contribution in [0.5, 0.6) is 0 Å². The zero-order chi connectivity index (χ0) is 30.5. The summed E-state index contributed by atoms with van der Waals surface area (Å²) >= 11 is 0. The molecule has 0 aliphatic heterocycles. The number of hydrogen-bond acceptors (Lipinski definition) is 7. The summed E-state index contributed by atoms with van der Waals surface area (Å²) in [4.78, 5) is 72.4. The maximum atomic E-state index is 12.8. The van der Waals surface area contributed by atoms with E-state index in [4.69, 9.17) is 4.74 Å². The van der Waals surface area contributed by atoms with E-state index in [0.29, 0.717) is 12.3 Å². The van der Waals surface area contributed by atoms with E-state index < -0.39 is 36.2 Å². The Kier molecular flexibility index (Phi) is 17.8. The van der Waals surface area contributed by atoms with E-state index in [1.807, 2.05) is 6.07 Å². The molecule has 0 saturated carbocycles. The lowest BCUT2D eigenvalue weighted by molar-refractivity contribution is -0.131. The van der Waals surface area contributed by atoms with Crippen LogP contribution in [0.2, 0.25) is 0 Å². The van der Waals surface area contributed by atoms with Gasteiger partial charge in [0.2, 0.25) is 35.4 Å². The van der Waals surface area contributed by atoms with Gasteiger partial charge in [-0.1, -0.05) is 63.4 Å². The normalized spacial score (nSPS) is 11.2. The van der Waals surface area contributed by atoms with E-state index in [2.05, 4.69) is 45.7 Å². The van der Waals surface area contributed by atoms with Gasteiger partial charge in [-0.15, -0.1) is 0 Å². The van der Waals surface area contributed by atoms with Crippen LogP contribution in [0.1, 0.15) is 51.5 Å². The molecule has 0 radical (unpaired) electrons. The first kappa shape index (κ1) is 35.0. The molecule has 0 spiro atoms. The molecule has 41 heavy (non-hydrogen) atoms. The molecule has 1 aromatic rings. The van der Waals surface area contributed by atoms with Crippen molar-refractivity contribution in [3.8, 4) is 0 Å². The topological polar surface area (TPSA) is 184 Å². The van der Waals surface area contributed by atoms with Crippen LogP contribution in [0, 0.1) is 5.92 Å². The number of carbonyl (C=O) groups excluding carboxylic acids is 6. The second-order valence-electron chi connectivity index (χ2n) is 9.84. The number of likely N-dealkylation sites (N-methyl/N-ethyl adjacent to an activating group) is 1. The highest BCUT2D eigenvalue weighted by Crippen LogP contribution is 2.09. The first-order valence-electron chi connectivity index (χ1n) is 13.8. The standard InChI is InChI=1S/C28H44N6O7/c1-20(2)10-6-4-9-13-23(35)30-15-24(36)31-17-26(38)34-22(14-21-11-7-5-8-12-21)28(40)32-16-25(37)33-19-41-18-27(39)29-3/h5,7-8,11-12,20,22H,4,6,9-10,13-19H2,1-3H3,(H,29,39)(H,30,35)(H,31,36)(H,32,40)(H,33,37)(H,34,38)/t22-/m0/s1. The molecule has 1 rings (SSSR count). The van der Waals surface area contributed by atoms with Gasteiger partial charge in [-0.05, 0) is 17.9 Å². The Balaban J connectivity index is 2.46. The average Bonchev–Trinajstić information content (AvgIpc) is 2.95. The number of carbonyl (C=O) groups is 6. The van der Waals surface area contributed by atoms with Gasteiger partial charge < -0.3 is 36.6 Å². The van der Waals surface area contributed by atoms with Gasteiger partial charge in [-0.25, -0.2) is 0 Å². The van der Waals surface area contributed by atoms with Crippen molar-refractivity contribution in [1.82, 2.24) is 31.9 Å². The van der Waals surface area contributed by atoms with Crippen molar-refractivity contribution in [3.05, 3.63) is 35.9 Å². The van der Waals surface area contributed by atoms with Gasteiger partial charge in [-0.3, -0.25) is 28.8 Å². The van der Waals surface area contributed by atoms with Crippen LogP contribution >= 0.6 is 0 Å². The lowest BCUT2D eigenvalue weighted by Gasteiger charge is -2.19. The molecule has 0 unspecified atom stereocenters. The van der Waals surface area contributed by atoms with Crippen LogP contribution < -0.4 is 31.9 Å². The molecule has 0 aliphatic carbocycles. The largest absolute Gasteiger partial charge is 0.357 e. The molecule has 0 saturated heterocycles. The van der Waals surface area contributed by atoms with Crippen LogP contribution in [-0.2, 0) is 39.9 Å². The quantitative estimate of drug-likeness (QED) is 0.0893. The maximum Gasteiger partial charge on any atom is 0.245 e. The summed E-state index contributed by atoms with van der Waals surface area (Å²) in [5.74, 6) is -2.24. The fraction of sp³-hybridized carbons (Fsp3) is 0.571. The van der Waals surface area contributed by atoms with Crippen LogP contribution in [0.3, 0.4) is 0 Å². The van der Waals surface area contributed by atoms with Gasteiger partial charge in [0, 0.05) is 19.9 Å². The molecule has 6 amide bonds. The summed E-state index contributed by atoms with van der Waals surface area (Å²) in [6.45, 7) is 2.84. The molecule has 13 nitrogen and oxygen atoms in total. The van der Waals surface area contributed by atoms with Crippen molar-refractivity contribution in [2.45, 2.75) is 58.4 Å². The van der Waals surface area contributed by atoms with Crippen molar-refractivity contribution in [2.24, 2.45) is 5.92 Å². The molecule has 228 valence electrons. The number of amides is 6. The first-order chi connectivity index (χ1) is 19.6. The summed E-state index contributed by atoms with van der Waals surface area (Å²) < 4.78 is 4.98. The molecule has 0 fully saturated rings. The van der Waals surface area contributed by atoms with Gasteiger partial charge in [0.25, 0.3) is 0 Å². The molecule has 1 aromatic carbocycles. The molecule has 0 bridgehead atoms. The van der Waals surface area contributed by atoms with E-state index in [-0.39, 0.29) is 44.7 Å². The van der Waals surface area contributed by atoms with E-state index in [9.17, 15) is 28.8 Å². The van der Waals surface area contributed by atoms with E-state index in [1.165, 1.54) is 7.05 Å². The Hall–Kier alpha value is -4.00. The molecular weight excluding hydrogens is 532 g/mol. The van der Waals surface area contributed by atoms with Crippen LogP contribution in [0.4, 0.5) is 0 Å². The van der Waals surface area contributed by atoms with Gasteiger partial charge in [0.1, 0.15) is 19.4 Å². The Bertz CT molecular complexity index is 987. The minimum Gasteiger partial charge on any atom is -0.357 e. The second kappa shape index (κ2) is 20.8. The molecular formula is C28H44N6O7. The number of ether oxygens (including phenoxy) is 1. The van der Waals surface area contributed by atoms with Crippen LogP contribution in [0.25, 0.3) is 0 Å². The summed E-state index contributed by atoms with van der Waals surface area (Å²) in [5, 5.41) is 14.8. The number of nitrogens with one attached hydrogen (secondary N) is 6. The molecule has 6 N–H and O–H groups in total. The SMILES string of the molecule is CNC(=O)COCNC(=O)CNC(=O)[C@H](Cc1ccccc1)NC(=O)CNC(=O)CNC(=O)CCCCCC(C)C. The summed E-state index contributed by atoms with van der Waals surface area (Å²) in [6.07, 6.45) is 4.37. The average molecular weight is 577 g/mol. The number of hydrogen-bond donors (Lipinski definition) is 6. The fourth-order valence-corrected chi connectivity index (χ4v) is 3.53. The highest BCUT2D eigenvalue weighted by Gasteiger charge is 2.22. The molecule has 0 heterocycles. The monoisotopic (exact) mass is 576 g/mol. The highest BCUT2D eigenvalue weighted by molar-refractivity contribution is 5.92. The zero-order valence-electron chi connectivity index (χ0n) is 24.2. The van der Waals surface area contributed by atoms with Crippen LogP contribution in [-0.4, -0.2) is 81.5 Å². The number of unbranched alkanes of at least 4 members (excludes halogenated alkanes) is 2. The first-order valence-corrected chi connectivity index (χ1v) is 13.8. The van der Waals surface area contributed by atoms with Crippen molar-refractivity contribution >= 4 is 35.4 Å². The lowest BCUT2D eigenvalue weighted by atomic mass is 10.0. The van der Waals surface area contributed by atoms with Gasteiger partial charge in [-0.2, -0.15) is 0 Å². The summed E-state index contributed by atoms with van der Waals surface area (Å²) in [6, 6.07) is 7.95. The summed E-state index contributed by atoms with van der Waals surface area (Å²) in [5.41, 5.74) is 0.774. The predicted molar refractivity (Wildman–Crippen MR) is 152 cm³/mol. The third-order valence-corrected chi connectivity index (χ3v) is 5.82. The molecule has 0 aliphatic rings. The summed E-state index contributed by atoms with van der Waals surface area (Å²) in [7, 11) is 1.45. The Morgan fingerprint density at radius 2 is 1.37 bits per heavy atom. The third kappa shape index (κ3) is 18.1. The van der Waals surface area contributed by atoms with Crippen molar-refractivity contribution in [2.75, 3.05) is 40.0 Å². The van der Waals surface area contributed by atoms with Gasteiger partial charge in [0.05, 0.1) is 19.6 Å².